The van der Waals surface area contributed by atoms with Gasteiger partial charge in [-0.25, -0.2) is 0 Å². The third-order valence-corrected chi connectivity index (χ3v) is 4.25. The van der Waals surface area contributed by atoms with Crippen LogP contribution < -0.4 is 10.6 Å². The van der Waals surface area contributed by atoms with E-state index in [0.29, 0.717) is 12.6 Å². The van der Waals surface area contributed by atoms with Gasteiger partial charge >= 0.3 is 0 Å². The second-order valence-electron chi connectivity index (χ2n) is 5.73. The van der Waals surface area contributed by atoms with Gasteiger partial charge < -0.3 is 10.6 Å². The van der Waals surface area contributed by atoms with Gasteiger partial charge in [0.1, 0.15) is 0 Å². The molecule has 0 aromatic heterocycles. The summed E-state index contributed by atoms with van der Waals surface area (Å²) in [6.07, 6.45) is 1.88. The lowest BCUT2D eigenvalue weighted by Gasteiger charge is -2.33. The number of piperazine rings is 1. The summed E-state index contributed by atoms with van der Waals surface area (Å²) in [5.74, 6) is 0.0966. The third-order valence-electron chi connectivity index (χ3n) is 4.25. The molecule has 0 radical (unpaired) electrons. The molecule has 21 heavy (non-hydrogen) atoms. The van der Waals surface area contributed by atoms with Crippen LogP contribution in [-0.2, 0) is 17.6 Å². The van der Waals surface area contributed by atoms with E-state index in [-0.39, 0.29) is 5.91 Å². The van der Waals surface area contributed by atoms with E-state index in [4.69, 9.17) is 0 Å². The van der Waals surface area contributed by atoms with Gasteiger partial charge in [0.2, 0.25) is 5.91 Å². The molecular formula is C17H27N3O. The van der Waals surface area contributed by atoms with Gasteiger partial charge in [-0.05, 0) is 30.9 Å². The second-order valence-corrected chi connectivity index (χ2v) is 5.73. The third kappa shape index (κ3) is 4.05. The first-order chi connectivity index (χ1) is 10.2. The average Bonchev–Trinajstić information content (AvgIpc) is 2.49. The van der Waals surface area contributed by atoms with Gasteiger partial charge in [0.25, 0.3) is 0 Å². The van der Waals surface area contributed by atoms with Crippen molar-refractivity contribution in [2.75, 3.05) is 31.5 Å². The number of para-hydroxylation sites is 1. The topological polar surface area (TPSA) is 44.4 Å². The molecule has 1 aromatic carbocycles. The van der Waals surface area contributed by atoms with Crippen molar-refractivity contribution in [1.29, 1.82) is 0 Å². The molecule has 1 atom stereocenters. The van der Waals surface area contributed by atoms with Crippen LogP contribution in [0.4, 0.5) is 5.69 Å². The zero-order valence-electron chi connectivity index (χ0n) is 13.4. The van der Waals surface area contributed by atoms with Gasteiger partial charge in [-0.15, -0.1) is 0 Å². The molecule has 0 spiro atoms. The van der Waals surface area contributed by atoms with E-state index < -0.39 is 0 Å². The van der Waals surface area contributed by atoms with Crippen LogP contribution in [0.15, 0.2) is 18.2 Å². The standard InChI is InChI=1S/C17H27N3O/c1-4-14-7-6-8-15(5-2)17(14)19-16(21)12-20-10-9-18-11-13(20)3/h6-8,13,18H,4-5,9-12H2,1-3H3,(H,19,21)/t13-/m0/s1. The number of carbonyl (C=O) groups is 1. The number of hydrogen-bond acceptors (Lipinski definition) is 3. The highest BCUT2D eigenvalue weighted by Gasteiger charge is 2.20. The molecule has 1 amide bonds. The Balaban J connectivity index is 2.05. The number of carbonyl (C=O) groups excluding carboxylic acids is 1. The van der Waals surface area contributed by atoms with Gasteiger partial charge in [-0.3, -0.25) is 9.69 Å². The number of aryl methyl sites for hydroxylation is 2. The minimum Gasteiger partial charge on any atom is -0.324 e. The van der Waals surface area contributed by atoms with Crippen molar-refractivity contribution in [3.05, 3.63) is 29.3 Å². The number of anilines is 1. The highest BCUT2D eigenvalue weighted by molar-refractivity contribution is 5.93. The molecule has 2 N–H and O–H groups in total. The summed E-state index contributed by atoms with van der Waals surface area (Å²) in [6.45, 7) is 9.75. The van der Waals surface area contributed by atoms with E-state index in [1.165, 1.54) is 11.1 Å². The fourth-order valence-corrected chi connectivity index (χ4v) is 2.88. The SMILES string of the molecule is CCc1cccc(CC)c1NC(=O)CN1CCNC[C@@H]1C. The predicted octanol–water partition coefficient (Wildman–Crippen LogP) is 2.04. The molecule has 0 saturated carbocycles. The molecule has 4 heteroatoms. The van der Waals surface area contributed by atoms with Gasteiger partial charge in [0.05, 0.1) is 6.54 Å². The molecular weight excluding hydrogens is 262 g/mol. The Bertz CT molecular complexity index is 465. The molecule has 1 heterocycles. The lowest BCUT2D eigenvalue weighted by molar-refractivity contribution is -0.118. The first-order valence-corrected chi connectivity index (χ1v) is 8.01. The minimum absolute atomic E-state index is 0.0966. The van der Waals surface area contributed by atoms with E-state index >= 15 is 0 Å². The number of nitrogens with zero attached hydrogens (tertiary/aromatic N) is 1. The Labute approximate surface area is 127 Å². The first-order valence-electron chi connectivity index (χ1n) is 8.01. The smallest absolute Gasteiger partial charge is 0.238 e. The van der Waals surface area contributed by atoms with Crippen molar-refractivity contribution in [2.45, 2.75) is 39.7 Å². The van der Waals surface area contributed by atoms with E-state index in [1.54, 1.807) is 0 Å². The van der Waals surface area contributed by atoms with Crippen LogP contribution in [0, 0.1) is 0 Å². The number of rotatable bonds is 5. The van der Waals surface area contributed by atoms with Gasteiger partial charge in [-0.1, -0.05) is 32.0 Å². The summed E-state index contributed by atoms with van der Waals surface area (Å²) in [4.78, 5) is 14.6. The molecule has 1 aliphatic heterocycles. The summed E-state index contributed by atoms with van der Waals surface area (Å²) < 4.78 is 0. The minimum atomic E-state index is 0.0966. The summed E-state index contributed by atoms with van der Waals surface area (Å²) in [5.41, 5.74) is 3.46. The molecule has 1 saturated heterocycles. The highest BCUT2D eigenvalue weighted by Crippen LogP contribution is 2.22. The highest BCUT2D eigenvalue weighted by atomic mass is 16.2. The quantitative estimate of drug-likeness (QED) is 0.872. The second kappa shape index (κ2) is 7.57. The predicted molar refractivity (Wildman–Crippen MR) is 87.7 cm³/mol. The fourth-order valence-electron chi connectivity index (χ4n) is 2.88. The summed E-state index contributed by atoms with van der Waals surface area (Å²) in [5, 5.41) is 6.50. The Kier molecular flexibility index (Phi) is 5.76. The Morgan fingerprint density at radius 3 is 2.57 bits per heavy atom. The maximum atomic E-state index is 12.4. The number of hydrogen-bond donors (Lipinski definition) is 2. The zero-order valence-corrected chi connectivity index (χ0v) is 13.4. The van der Waals surface area contributed by atoms with Crippen molar-refractivity contribution in [1.82, 2.24) is 10.2 Å². The summed E-state index contributed by atoms with van der Waals surface area (Å²) in [7, 11) is 0. The normalized spacial score (nSPS) is 19.5. The fraction of sp³-hybridized carbons (Fsp3) is 0.588. The van der Waals surface area contributed by atoms with Crippen LogP contribution in [0.25, 0.3) is 0 Å². The van der Waals surface area contributed by atoms with Crippen LogP contribution in [-0.4, -0.2) is 43.0 Å². The van der Waals surface area contributed by atoms with E-state index in [1.807, 2.05) is 0 Å². The van der Waals surface area contributed by atoms with E-state index in [0.717, 1.165) is 38.2 Å². The van der Waals surface area contributed by atoms with Crippen LogP contribution in [0.1, 0.15) is 31.9 Å². The molecule has 0 unspecified atom stereocenters. The molecule has 1 aliphatic rings. The number of amides is 1. The molecule has 4 nitrogen and oxygen atoms in total. The van der Waals surface area contributed by atoms with E-state index in [2.05, 4.69) is 54.5 Å². The Hall–Kier alpha value is -1.39. The van der Waals surface area contributed by atoms with Crippen LogP contribution >= 0.6 is 0 Å². The largest absolute Gasteiger partial charge is 0.324 e. The maximum Gasteiger partial charge on any atom is 0.238 e. The zero-order chi connectivity index (χ0) is 15.2. The number of nitrogens with one attached hydrogen (secondary N) is 2. The van der Waals surface area contributed by atoms with E-state index in [9.17, 15) is 4.79 Å². The van der Waals surface area contributed by atoms with Crippen LogP contribution in [0.2, 0.25) is 0 Å². The monoisotopic (exact) mass is 289 g/mol. The van der Waals surface area contributed by atoms with Crippen molar-refractivity contribution in [3.63, 3.8) is 0 Å². The van der Waals surface area contributed by atoms with Gasteiger partial charge in [0, 0.05) is 31.4 Å². The van der Waals surface area contributed by atoms with Crippen molar-refractivity contribution < 1.29 is 4.79 Å². The molecule has 0 bridgehead atoms. The molecule has 1 aromatic rings. The van der Waals surface area contributed by atoms with Crippen molar-refractivity contribution in [3.8, 4) is 0 Å². The first kappa shape index (κ1) is 16.0. The van der Waals surface area contributed by atoms with Crippen molar-refractivity contribution in [2.24, 2.45) is 0 Å². The lowest BCUT2D eigenvalue weighted by atomic mass is 10.0. The maximum absolute atomic E-state index is 12.4. The molecule has 1 fully saturated rings. The van der Waals surface area contributed by atoms with Crippen molar-refractivity contribution >= 4 is 11.6 Å². The van der Waals surface area contributed by atoms with Crippen LogP contribution in [0.5, 0.6) is 0 Å². The Morgan fingerprint density at radius 2 is 2.00 bits per heavy atom. The Morgan fingerprint density at radius 1 is 1.33 bits per heavy atom. The summed E-state index contributed by atoms with van der Waals surface area (Å²) in [6, 6.07) is 6.69. The number of benzene rings is 1. The lowest BCUT2D eigenvalue weighted by Crippen LogP contribution is -2.52. The van der Waals surface area contributed by atoms with Crippen LogP contribution in [0.3, 0.4) is 0 Å². The molecule has 116 valence electrons. The summed E-state index contributed by atoms with van der Waals surface area (Å²) >= 11 is 0. The molecule has 2 rings (SSSR count). The average molecular weight is 289 g/mol. The van der Waals surface area contributed by atoms with Gasteiger partial charge in [0.15, 0.2) is 0 Å². The molecule has 0 aliphatic carbocycles. The van der Waals surface area contributed by atoms with Gasteiger partial charge in [-0.2, -0.15) is 0 Å².